The van der Waals surface area contributed by atoms with Gasteiger partial charge in [0, 0.05) is 17.7 Å². The van der Waals surface area contributed by atoms with Crippen LogP contribution in [-0.4, -0.2) is 13.2 Å². The monoisotopic (exact) mass is 243 g/mol. The van der Waals surface area contributed by atoms with Gasteiger partial charge in [-0.25, -0.2) is 5.84 Å². The molecule has 0 bridgehead atoms. The van der Waals surface area contributed by atoms with E-state index in [1.807, 2.05) is 48.7 Å². The molecule has 1 aliphatic heterocycles. The van der Waals surface area contributed by atoms with Crippen LogP contribution in [0.1, 0.15) is 11.9 Å². The lowest BCUT2D eigenvalue weighted by Gasteiger charge is -2.12. The molecule has 0 spiro atoms. The SMILES string of the molecule is N[n+]1ccccc1-c1ccccc1C1OCCO1. The molecule has 0 radical (unpaired) electrons. The molecule has 18 heavy (non-hydrogen) atoms. The van der Waals surface area contributed by atoms with Crippen molar-refractivity contribution in [2.24, 2.45) is 0 Å². The van der Waals surface area contributed by atoms with E-state index < -0.39 is 0 Å². The number of aromatic nitrogens is 1. The predicted molar refractivity (Wildman–Crippen MR) is 66.9 cm³/mol. The highest BCUT2D eigenvalue weighted by molar-refractivity contribution is 5.61. The van der Waals surface area contributed by atoms with Crippen molar-refractivity contribution in [2.75, 3.05) is 19.1 Å². The third-order valence-corrected chi connectivity index (χ3v) is 3.00. The van der Waals surface area contributed by atoms with Crippen molar-refractivity contribution in [1.29, 1.82) is 0 Å². The molecule has 2 heterocycles. The van der Waals surface area contributed by atoms with Crippen molar-refractivity contribution in [1.82, 2.24) is 0 Å². The van der Waals surface area contributed by atoms with Crippen LogP contribution in [0.4, 0.5) is 0 Å². The standard InChI is InChI=1S/C14H15N2O2/c15-16-8-4-3-7-13(16)11-5-1-2-6-12(11)14-17-9-10-18-14/h1-8,14H,9-10,15H2/q+1. The Bertz CT molecular complexity index is 551. The molecule has 3 rings (SSSR count). The largest absolute Gasteiger partial charge is 0.346 e. The number of pyridine rings is 1. The number of ether oxygens (including phenoxy) is 2. The average Bonchev–Trinajstić information content (AvgIpc) is 2.93. The first-order chi connectivity index (χ1) is 8.86. The Morgan fingerprint density at radius 2 is 1.72 bits per heavy atom. The second kappa shape index (κ2) is 4.76. The van der Waals surface area contributed by atoms with Gasteiger partial charge in [0.05, 0.1) is 18.8 Å². The molecule has 0 atom stereocenters. The summed E-state index contributed by atoms with van der Waals surface area (Å²) in [6.07, 6.45) is 1.53. The number of nitrogen functional groups attached to an aromatic ring is 1. The van der Waals surface area contributed by atoms with Crippen LogP contribution in [0.5, 0.6) is 0 Å². The first-order valence-corrected chi connectivity index (χ1v) is 5.94. The molecule has 1 fully saturated rings. The van der Waals surface area contributed by atoms with Gasteiger partial charge in [0.15, 0.2) is 12.5 Å². The van der Waals surface area contributed by atoms with Gasteiger partial charge < -0.3 is 9.47 Å². The highest BCUT2D eigenvalue weighted by atomic mass is 16.7. The van der Waals surface area contributed by atoms with Crippen molar-refractivity contribution in [3.05, 3.63) is 54.2 Å². The zero-order chi connectivity index (χ0) is 12.4. The minimum absolute atomic E-state index is 0.290. The Balaban J connectivity index is 2.09. The van der Waals surface area contributed by atoms with Crippen molar-refractivity contribution in [3.8, 4) is 11.3 Å². The summed E-state index contributed by atoms with van der Waals surface area (Å²) in [5, 5.41) is 0. The van der Waals surface area contributed by atoms with Crippen LogP contribution in [0.15, 0.2) is 48.7 Å². The third kappa shape index (κ3) is 1.96. The van der Waals surface area contributed by atoms with Gasteiger partial charge in [-0.15, -0.1) is 0 Å². The van der Waals surface area contributed by atoms with E-state index in [1.54, 1.807) is 4.68 Å². The van der Waals surface area contributed by atoms with Gasteiger partial charge in [-0.2, -0.15) is 0 Å². The van der Waals surface area contributed by atoms with Gasteiger partial charge in [-0.3, -0.25) is 0 Å². The Morgan fingerprint density at radius 1 is 1.00 bits per heavy atom. The van der Waals surface area contributed by atoms with Crippen LogP contribution >= 0.6 is 0 Å². The molecule has 4 nitrogen and oxygen atoms in total. The maximum absolute atomic E-state index is 5.96. The minimum atomic E-state index is -0.290. The molecule has 0 saturated carbocycles. The third-order valence-electron chi connectivity index (χ3n) is 3.00. The molecule has 4 heteroatoms. The molecule has 92 valence electrons. The van der Waals surface area contributed by atoms with E-state index >= 15 is 0 Å². The number of benzene rings is 1. The van der Waals surface area contributed by atoms with Crippen LogP contribution in [0.2, 0.25) is 0 Å². The van der Waals surface area contributed by atoms with E-state index in [9.17, 15) is 0 Å². The average molecular weight is 243 g/mol. The Kier molecular flexibility index (Phi) is 2.96. The lowest BCUT2D eigenvalue weighted by molar-refractivity contribution is -0.627. The Hall–Kier alpha value is -1.91. The van der Waals surface area contributed by atoms with E-state index in [4.69, 9.17) is 15.3 Å². The van der Waals surface area contributed by atoms with Crippen LogP contribution in [0, 0.1) is 0 Å². The summed E-state index contributed by atoms with van der Waals surface area (Å²) in [6, 6.07) is 13.8. The van der Waals surface area contributed by atoms with Crippen molar-refractivity contribution in [2.45, 2.75) is 6.29 Å². The number of hydrogen-bond acceptors (Lipinski definition) is 3. The minimum Gasteiger partial charge on any atom is -0.346 e. The zero-order valence-corrected chi connectivity index (χ0v) is 9.95. The molecule has 0 unspecified atom stereocenters. The summed E-state index contributed by atoms with van der Waals surface area (Å²) in [5.74, 6) is 5.96. The molecule has 1 aromatic carbocycles. The summed E-state index contributed by atoms with van der Waals surface area (Å²) < 4.78 is 12.7. The Labute approximate surface area is 106 Å². The number of hydrogen-bond donors (Lipinski definition) is 1. The van der Waals surface area contributed by atoms with Crippen molar-refractivity contribution in [3.63, 3.8) is 0 Å². The maximum Gasteiger partial charge on any atom is 0.242 e. The van der Waals surface area contributed by atoms with Gasteiger partial charge in [0.1, 0.15) is 0 Å². The van der Waals surface area contributed by atoms with Crippen molar-refractivity contribution >= 4 is 0 Å². The second-order valence-electron chi connectivity index (χ2n) is 4.15. The normalized spacial score (nSPS) is 16.0. The van der Waals surface area contributed by atoms with E-state index in [0.29, 0.717) is 13.2 Å². The first kappa shape index (κ1) is 11.2. The topological polar surface area (TPSA) is 48.4 Å². The molecular weight excluding hydrogens is 228 g/mol. The molecule has 1 aliphatic rings. The van der Waals surface area contributed by atoms with Crippen LogP contribution < -0.4 is 10.5 Å². The molecule has 0 amide bonds. The lowest BCUT2D eigenvalue weighted by atomic mass is 10.0. The fraction of sp³-hybridized carbons (Fsp3) is 0.214. The zero-order valence-electron chi connectivity index (χ0n) is 9.95. The smallest absolute Gasteiger partial charge is 0.242 e. The summed E-state index contributed by atoms with van der Waals surface area (Å²) in [5.41, 5.74) is 2.99. The van der Waals surface area contributed by atoms with Gasteiger partial charge in [0.2, 0.25) is 5.69 Å². The van der Waals surface area contributed by atoms with Gasteiger partial charge in [-0.1, -0.05) is 22.9 Å². The molecule has 2 aromatic rings. The van der Waals surface area contributed by atoms with E-state index in [-0.39, 0.29) is 6.29 Å². The molecule has 1 aromatic heterocycles. The molecule has 2 N–H and O–H groups in total. The molecule has 1 saturated heterocycles. The summed E-state index contributed by atoms with van der Waals surface area (Å²) in [6.45, 7) is 1.27. The molecule has 0 aliphatic carbocycles. The van der Waals surface area contributed by atoms with E-state index in [0.717, 1.165) is 16.8 Å². The quantitative estimate of drug-likeness (QED) is 0.640. The lowest BCUT2D eigenvalue weighted by Crippen LogP contribution is -2.46. The van der Waals surface area contributed by atoms with Crippen molar-refractivity contribution < 1.29 is 14.1 Å². The van der Waals surface area contributed by atoms with Crippen LogP contribution in [-0.2, 0) is 9.47 Å². The van der Waals surface area contributed by atoms with Crippen LogP contribution in [0.25, 0.3) is 11.3 Å². The highest BCUT2D eigenvalue weighted by Crippen LogP contribution is 2.30. The second-order valence-corrected chi connectivity index (χ2v) is 4.15. The van der Waals surface area contributed by atoms with Gasteiger partial charge in [-0.05, 0) is 12.1 Å². The number of nitrogens with two attached hydrogens (primary N) is 1. The van der Waals surface area contributed by atoms with E-state index in [2.05, 4.69) is 0 Å². The van der Waals surface area contributed by atoms with Gasteiger partial charge >= 0.3 is 0 Å². The first-order valence-electron chi connectivity index (χ1n) is 5.94. The van der Waals surface area contributed by atoms with E-state index in [1.165, 1.54) is 0 Å². The molecular formula is C14H15N2O2+. The highest BCUT2D eigenvalue weighted by Gasteiger charge is 2.24. The Morgan fingerprint density at radius 3 is 2.50 bits per heavy atom. The van der Waals surface area contributed by atoms with Gasteiger partial charge in [0.25, 0.3) is 0 Å². The fourth-order valence-corrected chi connectivity index (χ4v) is 2.16. The summed E-state index contributed by atoms with van der Waals surface area (Å²) >= 11 is 0. The van der Waals surface area contributed by atoms with Crippen LogP contribution in [0.3, 0.4) is 0 Å². The predicted octanol–water partition coefficient (Wildman–Crippen LogP) is 1.40. The number of rotatable bonds is 2. The number of nitrogens with zero attached hydrogens (tertiary/aromatic N) is 1. The summed E-state index contributed by atoms with van der Waals surface area (Å²) in [4.78, 5) is 0. The maximum atomic E-state index is 5.96. The fourth-order valence-electron chi connectivity index (χ4n) is 2.16. The summed E-state index contributed by atoms with van der Waals surface area (Å²) in [7, 11) is 0.